The Hall–Kier alpha value is -3.25. The Kier molecular flexibility index (Phi) is 4.79. The summed E-state index contributed by atoms with van der Waals surface area (Å²) in [5.41, 5.74) is 0.923. The van der Waals surface area contributed by atoms with Crippen LogP contribution in [0.3, 0.4) is 0 Å². The molecule has 0 saturated heterocycles. The Bertz CT molecular complexity index is 1020. The molecule has 0 fully saturated rings. The van der Waals surface area contributed by atoms with Gasteiger partial charge in [0.25, 0.3) is 5.91 Å². The number of aliphatic hydroxyl groups excluding tert-OH is 1. The lowest BCUT2D eigenvalue weighted by Crippen LogP contribution is -2.32. The van der Waals surface area contributed by atoms with Gasteiger partial charge in [-0.2, -0.15) is 0 Å². The molecule has 1 unspecified atom stereocenters. The van der Waals surface area contributed by atoms with Crippen LogP contribution in [-0.4, -0.2) is 28.2 Å². The number of aliphatic hydroxyl groups is 1. The number of halogens is 1. The van der Waals surface area contributed by atoms with Gasteiger partial charge in [0.15, 0.2) is 11.5 Å². The maximum atomic E-state index is 12.9. The molecule has 1 aromatic carbocycles. The molecule has 0 saturated carbocycles. The average molecular weight is 398 g/mol. The molecule has 0 bridgehead atoms. The van der Waals surface area contributed by atoms with Crippen molar-refractivity contribution in [1.82, 2.24) is 4.90 Å². The van der Waals surface area contributed by atoms with E-state index in [1.165, 1.54) is 23.5 Å². The number of ketones is 1. The zero-order chi connectivity index (χ0) is 19.7. The van der Waals surface area contributed by atoms with E-state index in [2.05, 4.69) is 0 Å². The molecule has 1 aliphatic heterocycles. The fraction of sp³-hybridized carbons (Fsp3) is 0.143. The first-order valence-corrected chi connectivity index (χ1v) is 9.04. The smallest absolute Gasteiger partial charge is 0.290 e. The molecule has 2 aromatic heterocycles. The first kappa shape index (κ1) is 18.1. The topological polar surface area (TPSA) is 83.9 Å². The van der Waals surface area contributed by atoms with Crippen molar-refractivity contribution in [1.29, 1.82) is 0 Å². The first-order valence-electron chi connectivity index (χ1n) is 8.66. The van der Waals surface area contributed by atoms with E-state index >= 15 is 0 Å². The van der Waals surface area contributed by atoms with Crippen LogP contribution < -0.4 is 0 Å². The molecule has 7 heteroatoms. The van der Waals surface area contributed by atoms with E-state index in [1.807, 2.05) is 12.1 Å². The molecule has 0 aliphatic carbocycles. The van der Waals surface area contributed by atoms with Gasteiger partial charge in [-0.1, -0.05) is 23.7 Å². The van der Waals surface area contributed by atoms with E-state index in [0.717, 1.165) is 5.56 Å². The Balaban J connectivity index is 1.66. The second kappa shape index (κ2) is 7.40. The third kappa shape index (κ3) is 3.23. The number of furan rings is 2. The lowest BCUT2D eigenvalue weighted by molar-refractivity contribution is -0.129. The van der Waals surface area contributed by atoms with E-state index in [0.29, 0.717) is 17.2 Å². The number of benzene rings is 1. The molecule has 1 atom stereocenters. The minimum Gasteiger partial charge on any atom is -0.503 e. The van der Waals surface area contributed by atoms with Crippen LogP contribution in [0.25, 0.3) is 0 Å². The summed E-state index contributed by atoms with van der Waals surface area (Å²) in [6.07, 6.45) is 3.35. The Morgan fingerprint density at radius 3 is 2.43 bits per heavy atom. The molecule has 6 nitrogen and oxygen atoms in total. The molecule has 3 heterocycles. The van der Waals surface area contributed by atoms with E-state index in [-0.39, 0.29) is 17.9 Å². The van der Waals surface area contributed by atoms with Gasteiger partial charge in [-0.25, -0.2) is 0 Å². The van der Waals surface area contributed by atoms with Gasteiger partial charge in [-0.15, -0.1) is 0 Å². The predicted octanol–water partition coefficient (Wildman–Crippen LogP) is 4.35. The first-order chi connectivity index (χ1) is 13.6. The van der Waals surface area contributed by atoms with E-state index in [1.54, 1.807) is 30.3 Å². The van der Waals surface area contributed by atoms with Crippen molar-refractivity contribution in [3.05, 3.63) is 94.5 Å². The van der Waals surface area contributed by atoms with Crippen LogP contribution in [0.2, 0.25) is 5.02 Å². The Morgan fingerprint density at radius 1 is 1.07 bits per heavy atom. The maximum absolute atomic E-state index is 12.9. The molecular weight excluding hydrogens is 382 g/mol. The van der Waals surface area contributed by atoms with Gasteiger partial charge < -0.3 is 18.8 Å². The third-order valence-corrected chi connectivity index (χ3v) is 4.91. The molecule has 0 radical (unpaired) electrons. The number of amides is 1. The van der Waals surface area contributed by atoms with Gasteiger partial charge in [0.1, 0.15) is 11.8 Å². The molecule has 1 N–H and O–H groups in total. The fourth-order valence-corrected chi connectivity index (χ4v) is 3.43. The highest BCUT2D eigenvalue weighted by Gasteiger charge is 2.45. The highest BCUT2D eigenvalue weighted by molar-refractivity contribution is 6.30. The lowest BCUT2D eigenvalue weighted by Gasteiger charge is -2.24. The van der Waals surface area contributed by atoms with Crippen molar-refractivity contribution in [2.24, 2.45) is 0 Å². The maximum Gasteiger partial charge on any atom is 0.290 e. The second-order valence-electron chi connectivity index (χ2n) is 6.36. The second-order valence-corrected chi connectivity index (χ2v) is 6.80. The minimum absolute atomic E-state index is 0.0467. The number of hydrogen-bond donors (Lipinski definition) is 1. The third-order valence-electron chi connectivity index (χ3n) is 4.66. The van der Waals surface area contributed by atoms with Crippen LogP contribution in [0.4, 0.5) is 0 Å². The fourth-order valence-electron chi connectivity index (χ4n) is 3.30. The van der Waals surface area contributed by atoms with Gasteiger partial charge in [-0.3, -0.25) is 9.59 Å². The molecular formula is C21H16ClNO5. The quantitative estimate of drug-likeness (QED) is 0.625. The van der Waals surface area contributed by atoms with Crippen molar-refractivity contribution in [2.75, 3.05) is 6.54 Å². The largest absolute Gasteiger partial charge is 0.503 e. The van der Waals surface area contributed by atoms with Crippen molar-refractivity contribution >= 4 is 23.3 Å². The Labute approximate surface area is 165 Å². The molecule has 0 spiro atoms. The summed E-state index contributed by atoms with van der Waals surface area (Å²) in [7, 11) is 0. The average Bonchev–Trinajstić information content (AvgIpc) is 3.44. The lowest BCUT2D eigenvalue weighted by atomic mass is 9.99. The van der Waals surface area contributed by atoms with Crippen molar-refractivity contribution in [3.8, 4) is 0 Å². The monoisotopic (exact) mass is 397 g/mol. The summed E-state index contributed by atoms with van der Waals surface area (Å²) in [6.45, 7) is 0.283. The predicted molar refractivity (Wildman–Crippen MR) is 101 cm³/mol. The number of hydrogen-bond acceptors (Lipinski definition) is 5. The van der Waals surface area contributed by atoms with Crippen LogP contribution in [0, 0.1) is 0 Å². The van der Waals surface area contributed by atoms with Crippen LogP contribution in [-0.2, 0) is 11.2 Å². The molecule has 28 heavy (non-hydrogen) atoms. The number of rotatable bonds is 6. The van der Waals surface area contributed by atoms with Crippen molar-refractivity contribution in [3.63, 3.8) is 0 Å². The summed E-state index contributed by atoms with van der Waals surface area (Å²) in [4.78, 5) is 27.1. The standard InChI is InChI=1S/C21H16ClNO5/c22-14-7-5-13(6-8-14)9-10-23-18(15-3-1-11-27-15)17(20(25)21(23)26)19(24)16-4-2-12-28-16/h1-8,11-12,18,25H,9-10H2. The van der Waals surface area contributed by atoms with E-state index in [9.17, 15) is 14.7 Å². The van der Waals surface area contributed by atoms with Crippen LogP contribution in [0.5, 0.6) is 0 Å². The SMILES string of the molecule is O=C(C1=C(O)C(=O)N(CCc2ccc(Cl)cc2)C1c1ccco1)c1ccco1. The molecule has 3 aromatic rings. The van der Waals surface area contributed by atoms with Gasteiger partial charge in [0, 0.05) is 11.6 Å². The highest BCUT2D eigenvalue weighted by Crippen LogP contribution is 2.39. The van der Waals surface area contributed by atoms with E-state index < -0.39 is 23.5 Å². The van der Waals surface area contributed by atoms with Gasteiger partial charge >= 0.3 is 0 Å². The van der Waals surface area contributed by atoms with Crippen LogP contribution in [0.1, 0.15) is 27.9 Å². The van der Waals surface area contributed by atoms with Crippen molar-refractivity contribution in [2.45, 2.75) is 12.5 Å². The molecule has 4 rings (SSSR count). The summed E-state index contributed by atoms with van der Waals surface area (Å²) in [6, 6.07) is 12.8. The minimum atomic E-state index is -0.826. The van der Waals surface area contributed by atoms with Crippen LogP contribution in [0.15, 0.2) is 81.2 Å². The summed E-state index contributed by atoms with van der Waals surface area (Å²) in [5, 5.41) is 11.1. The molecule has 1 aliphatic rings. The summed E-state index contributed by atoms with van der Waals surface area (Å²) >= 11 is 5.91. The number of carbonyl (C=O) groups is 2. The van der Waals surface area contributed by atoms with Gasteiger partial charge in [0.2, 0.25) is 5.78 Å². The Morgan fingerprint density at radius 2 is 1.79 bits per heavy atom. The van der Waals surface area contributed by atoms with Crippen LogP contribution >= 0.6 is 11.6 Å². The molecule has 1 amide bonds. The highest BCUT2D eigenvalue weighted by atomic mass is 35.5. The normalized spacial score (nSPS) is 16.8. The molecule has 142 valence electrons. The number of Topliss-reactive ketones (excluding diaryl/α,β-unsaturated/α-hetero) is 1. The summed E-state index contributed by atoms with van der Waals surface area (Å²) < 4.78 is 10.6. The van der Waals surface area contributed by atoms with E-state index in [4.69, 9.17) is 20.4 Å². The summed E-state index contributed by atoms with van der Waals surface area (Å²) in [5.74, 6) is -1.32. The van der Waals surface area contributed by atoms with Gasteiger partial charge in [-0.05, 0) is 48.4 Å². The van der Waals surface area contributed by atoms with Gasteiger partial charge in [0.05, 0.1) is 18.1 Å². The number of nitrogens with zero attached hydrogens (tertiary/aromatic N) is 1. The zero-order valence-corrected chi connectivity index (χ0v) is 15.4. The van der Waals surface area contributed by atoms with Crippen molar-refractivity contribution < 1.29 is 23.5 Å². The zero-order valence-electron chi connectivity index (χ0n) is 14.7. The number of carbonyl (C=O) groups excluding carboxylic acids is 2.